The number of fused-ring (bicyclic) bond motifs is 1. The lowest BCUT2D eigenvalue weighted by Crippen LogP contribution is -2.16. The van der Waals surface area contributed by atoms with Gasteiger partial charge in [-0.25, -0.2) is 14.5 Å². The molecule has 0 saturated heterocycles. The van der Waals surface area contributed by atoms with E-state index in [0.717, 1.165) is 0 Å². The summed E-state index contributed by atoms with van der Waals surface area (Å²) in [6.07, 6.45) is 4.65. The average Bonchev–Trinajstić information content (AvgIpc) is 2.92. The van der Waals surface area contributed by atoms with E-state index in [-0.39, 0.29) is 5.91 Å². The molecule has 6 nitrogen and oxygen atoms in total. The SMILES string of the molecule is Cc1c(C(=O)Nc2cnc(Cl)c(Br)c2)cnc2ccnn12. The third-order valence-electron chi connectivity index (χ3n) is 2.95. The van der Waals surface area contributed by atoms with E-state index in [0.29, 0.717) is 32.2 Å². The Hall–Kier alpha value is -1.99. The van der Waals surface area contributed by atoms with E-state index in [1.807, 2.05) is 6.92 Å². The summed E-state index contributed by atoms with van der Waals surface area (Å²) in [5, 5.41) is 7.22. The number of hydrogen-bond acceptors (Lipinski definition) is 4. The van der Waals surface area contributed by atoms with Gasteiger partial charge in [0.05, 0.1) is 33.8 Å². The molecule has 0 radical (unpaired) electrons. The van der Waals surface area contributed by atoms with E-state index in [9.17, 15) is 4.79 Å². The molecule has 3 aromatic heterocycles. The summed E-state index contributed by atoms with van der Waals surface area (Å²) in [5.41, 5.74) is 2.39. The van der Waals surface area contributed by atoms with Crippen LogP contribution in [0.15, 0.2) is 35.2 Å². The van der Waals surface area contributed by atoms with E-state index in [1.54, 1.807) is 22.8 Å². The Bertz CT molecular complexity index is 848. The zero-order chi connectivity index (χ0) is 15.0. The lowest BCUT2D eigenvalue weighted by Gasteiger charge is -2.08. The topological polar surface area (TPSA) is 72.2 Å². The molecular formula is C13H9BrClN5O. The molecule has 21 heavy (non-hydrogen) atoms. The molecular weight excluding hydrogens is 358 g/mol. The molecule has 0 aliphatic heterocycles. The van der Waals surface area contributed by atoms with Crippen molar-refractivity contribution in [3.05, 3.63) is 51.6 Å². The number of rotatable bonds is 2. The molecule has 106 valence electrons. The molecule has 0 saturated carbocycles. The summed E-state index contributed by atoms with van der Waals surface area (Å²) in [7, 11) is 0. The maximum Gasteiger partial charge on any atom is 0.259 e. The Balaban J connectivity index is 1.93. The van der Waals surface area contributed by atoms with Crippen LogP contribution in [0.25, 0.3) is 5.65 Å². The Labute approximate surface area is 133 Å². The van der Waals surface area contributed by atoms with Crippen LogP contribution in [-0.2, 0) is 0 Å². The van der Waals surface area contributed by atoms with Crippen LogP contribution in [0.5, 0.6) is 0 Å². The standard InChI is InChI=1S/C13H9BrClN5O/c1-7-9(6-16-11-2-3-18-20(7)11)13(21)19-8-4-10(14)12(15)17-5-8/h2-6H,1H3,(H,19,21). The van der Waals surface area contributed by atoms with Gasteiger partial charge in [-0.2, -0.15) is 5.10 Å². The number of hydrogen-bond donors (Lipinski definition) is 1. The van der Waals surface area contributed by atoms with Gasteiger partial charge in [-0.3, -0.25) is 4.79 Å². The van der Waals surface area contributed by atoms with Crippen molar-refractivity contribution in [1.29, 1.82) is 0 Å². The van der Waals surface area contributed by atoms with Gasteiger partial charge in [0.15, 0.2) is 5.65 Å². The summed E-state index contributed by atoms with van der Waals surface area (Å²) in [6.45, 7) is 1.81. The van der Waals surface area contributed by atoms with Gasteiger partial charge in [-0.05, 0) is 28.9 Å². The van der Waals surface area contributed by atoms with Gasteiger partial charge in [0.1, 0.15) is 5.15 Å². The molecule has 0 aliphatic carbocycles. The zero-order valence-electron chi connectivity index (χ0n) is 10.8. The van der Waals surface area contributed by atoms with Crippen LogP contribution in [-0.4, -0.2) is 25.5 Å². The molecule has 0 spiro atoms. The fourth-order valence-electron chi connectivity index (χ4n) is 1.90. The largest absolute Gasteiger partial charge is 0.320 e. The van der Waals surface area contributed by atoms with Crippen molar-refractivity contribution >= 4 is 44.8 Å². The van der Waals surface area contributed by atoms with Crippen molar-refractivity contribution in [2.45, 2.75) is 6.92 Å². The van der Waals surface area contributed by atoms with E-state index in [4.69, 9.17) is 11.6 Å². The van der Waals surface area contributed by atoms with E-state index in [1.165, 1.54) is 12.4 Å². The molecule has 1 amide bonds. The molecule has 0 fully saturated rings. The number of carbonyl (C=O) groups is 1. The fraction of sp³-hybridized carbons (Fsp3) is 0.0769. The van der Waals surface area contributed by atoms with Gasteiger partial charge in [0.2, 0.25) is 0 Å². The second-order valence-corrected chi connectivity index (χ2v) is 5.52. The van der Waals surface area contributed by atoms with Gasteiger partial charge in [0, 0.05) is 12.3 Å². The minimum Gasteiger partial charge on any atom is -0.320 e. The molecule has 0 aromatic carbocycles. The number of anilines is 1. The number of carbonyl (C=O) groups excluding carboxylic acids is 1. The van der Waals surface area contributed by atoms with Gasteiger partial charge in [-0.1, -0.05) is 11.6 Å². The summed E-state index contributed by atoms with van der Waals surface area (Å²) in [5.74, 6) is -0.284. The quantitative estimate of drug-likeness (QED) is 0.707. The molecule has 0 atom stereocenters. The van der Waals surface area contributed by atoms with E-state index >= 15 is 0 Å². The molecule has 0 bridgehead atoms. The van der Waals surface area contributed by atoms with Crippen LogP contribution in [0.2, 0.25) is 5.15 Å². The molecule has 3 heterocycles. The van der Waals surface area contributed by atoms with Crippen LogP contribution in [0.3, 0.4) is 0 Å². The van der Waals surface area contributed by atoms with Gasteiger partial charge >= 0.3 is 0 Å². The minimum absolute atomic E-state index is 0.284. The van der Waals surface area contributed by atoms with Crippen molar-refractivity contribution < 1.29 is 4.79 Å². The summed E-state index contributed by atoms with van der Waals surface area (Å²) >= 11 is 9.08. The second-order valence-electron chi connectivity index (χ2n) is 4.31. The molecule has 0 unspecified atom stereocenters. The average molecular weight is 367 g/mol. The number of nitrogens with one attached hydrogen (secondary N) is 1. The van der Waals surface area contributed by atoms with Crippen molar-refractivity contribution in [3.8, 4) is 0 Å². The highest BCUT2D eigenvalue weighted by molar-refractivity contribution is 9.10. The third kappa shape index (κ3) is 2.62. The normalized spacial score (nSPS) is 10.8. The molecule has 3 aromatic rings. The lowest BCUT2D eigenvalue weighted by molar-refractivity contribution is 0.102. The number of halogens is 2. The molecule has 3 rings (SSSR count). The molecule has 8 heteroatoms. The lowest BCUT2D eigenvalue weighted by atomic mass is 10.2. The van der Waals surface area contributed by atoms with Crippen LogP contribution in [0, 0.1) is 6.92 Å². The smallest absolute Gasteiger partial charge is 0.259 e. The van der Waals surface area contributed by atoms with Gasteiger partial charge in [0.25, 0.3) is 5.91 Å². The first kappa shape index (κ1) is 14.0. The Kier molecular flexibility index (Phi) is 3.60. The highest BCUT2D eigenvalue weighted by Crippen LogP contribution is 2.23. The second kappa shape index (κ2) is 5.42. The predicted octanol–water partition coefficient (Wildman–Crippen LogP) is 3.10. The minimum atomic E-state index is -0.284. The van der Waals surface area contributed by atoms with Crippen LogP contribution in [0.4, 0.5) is 5.69 Å². The number of aromatic nitrogens is 4. The van der Waals surface area contributed by atoms with Crippen molar-refractivity contribution in [1.82, 2.24) is 19.6 Å². The maximum atomic E-state index is 12.3. The zero-order valence-corrected chi connectivity index (χ0v) is 13.2. The Morgan fingerprint density at radius 2 is 2.19 bits per heavy atom. The molecule has 0 aliphatic rings. The van der Waals surface area contributed by atoms with Gasteiger partial charge < -0.3 is 5.32 Å². The van der Waals surface area contributed by atoms with Crippen LogP contribution in [0.1, 0.15) is 16.1 Å². The van der Waals surface area contributed by atoms with Crippen LogP contribution >= 0.6 is 27.5 Å². The fourth-order valence-corrected chi connectivity index (χ4v) is 2.35. The predicted molar refractivity (Wildman–Crippen MR) is 82.6 cm³/mol. The first-order chi connectivity index (χ1) is 10.1. The maximum absolute atomic E-state index is 12.3. The van der Waals surface area contributed by atoms with Crippen LogP contribution < -0.4 is 5.32 Å². The highest BCUT2D eigenvalue weighted by Gasteiger charge is 2.14. The van der Waals surface area contributed by atoms with E-state index in [2.05, 4.69) is 36.3 Å². The van der Waals surface area contributed by atoms with E-state index < -0.39 is 0 Å². The van der Waals surface area contributed by atoms with Crippen molar-refractivity contribution in [3.63, 3.8) is 0 Å². The Morgan fingerprint density at radius 1 is 1.38 bits per heavy atom. The Morgan fingerprint density at radius 3 is 2.95 bits per heavy atom. The van der Waals surface area contributed by atoms with Crippen molar-refractivity contribution in [2.75, 3.05) is 5.32 Å². The number of amides is 1. The number of aryl methyl sites for hydroxylation is 1. The first-order valence-electron chi connectivity index (χ1n) is 5.98. The first-order valence-corrected chi connectivity index (χ1v) is 7.15. The highest BCUT2D eigenvalue weighted by atomic mass is 79.9. The third-order valence-corrected chi connectivity index (χ3v) is 4.09. The van der Waals surface area contributed by atoms with Gasteiger partial charge in [-0.15, -0.1) is 0 Å². The monoisotopic (exact) mass is 365 g/mol. The number of nitrogens with zero attached hydrogens (tertiary/aromatic N) is 4. The number of pyridine rings is 1. The summed E-state index contributed by atoms with van der Waals surface area (Å²) < 4.78 is 2.23. The molecule has 1 N–H and O–H groups in total. The van der Waals surface area contributed by atoms with Crippen molar-refractivity contribution in [2.24, 2.45) is 0 Å². The summed E-state index contributed by atoms with van der Waals surface area (Å²) in [6, 6.07) is 3.46. The summed E-state index contributed by atoms with van der Waals surface area (Å²) in [4.78, 5) is 20.5.